The first-order chi connectivity index (χ1) is 6.66. The average Bonchev–Trinajstić information content (AvgIpc) is 2.01. The molecule has 0 radical (unpaired) electrons. The maximum absolute atomic E-state index is 5.91. The zero-order valence-electron chi connectivity index (χ0n) is 9.33. The molecule has 3 heteroatoms. The number of hydrogen-bond acceptors (Lipinski definition) is 3. The molecule has 1 aliphatic heterocycles. The Morgan fingerprint density at radius 2 is 1.86 bits per heavy atom. The molecular formula is C11H22N2O. The van der Waals surface area contributed by atoms with Crippen molar-refractivity contribution in [2.45, 2.75) is 50.9 Å². The molecule has 1 saturated carbocycles. The third-order valence-electron chi connectivity index (χ3n) is 3.75. The standard InChI is InChI=1S/C11H22N2O/c1-9-6-13(7-10(2)14-9)11(8-12)4-3-5-11/h9-10H,3-8,12H2,1-2H3. The summed E-state index contributed by atoms with van der Waals surface area (Å²) < 4.78 is 5.74. The highest BCUT2D eigenvalue weighted by Gasteiger charge is 2.43. The number of rotatable bonds is 2. The van der Waals surface area contributed by atoms with E-state index in [2.05, 4.69) is 18.7 Å². The van der Waals surface area contributed by atoms with Gasteiger partial charge in [-0.3, -0.25) is 4.90 Å². The van der Waals surface area contributed by atoms with Crippen LogP contribution in [0, 0.1) is 0 Å². The van der Waals surface area contributed by atoms with Gasteiger partial charge in [0.25, 0.3) is 0 Å². The predicted molar refractivity (Wildman–Crippen MR) is 57.2 cm³/mol. The highest BCUT2D eigenvalue weighted by molar-refractivity contribution is 5.00. The van der Waals surface area contributed by atoms with Crippen LogP contribution in [0.2, 0.25) is 0 Å². The number of ether oxygens (including phenoxy) is 1. The molecule has 3 nitrogen and oxygen atoms in total. The van der Waals surface area contributed by atoms with Crippen LogP contribution in [0.25, 0.3) is 0 Å². The molecule has 0 aromatic heterocycles. The molecule has 2 fully saturated rings. The van der Waals surface area contributed by atoms with Gasteiger partial charge in [-0.25, -0.2) is 0 Å². The Labute approximate surface area is 86.6 Å². The third kappa shape index (κ3) is 1.69. The Morgan fingerprint density at radius 1 is 1.29 bits per heavy atom. The van der Waals surface area contributed by atoms with E-state index in [1.54, 1.807) is 0 Å². The fourth-order valence-corrected chi connectivity index (χ4v) is 2.80. The van der Waals surface area contributed by atoms with Gasteiger partial charge in [-0.2, -0.15) is 0 Å². The van der Waals surface area contributed by atoms with E-state index in [1.165, 1.54) is 19.3 Å². The second kappa shape index (κ2) is 3.80. The van der Waals surface area contributed by atoms with Gasteiger partial charge in [0.2, 0.25) is 0 Å². The lowest BCUT2D eigenvalue weighted by Crippen LogP contribution is -2.63. The van der Waals surface area contributed by atoms with E-state index in [1.807, 2.05) is 0 Å². The van der Waals surface area contributed by atoms with E-state index in [9.17, 15) is 0 Å². The maximum atomic E-state index is 5.91. The van der Waals surface area contributed by atoms with E-state index in [-0.39, 0.29) is 0 Å². The van der Waals surface area contributed by atoms with Crippen molar-refractivity contribution < 1.29 is 4.74 Å². The lowest BCUT2D eigenvalue weighted by Gasteiger charge is -2.53. The average molecular weight is 198 g/mol. The molecule has 0 spiro atoms. The van der Waals surface area contributed by atoms with Crippen molar-refractivity contribution in [2.24, 2.45) is 5.73 Å². The lowest BCUT2D eigenvalue weighted by molar-refractivity contribution is -0.117. The van der Waals surface area contributed by atoms with Crippen molar-refractivity contribution >= 4 is 0 Å². The maximum Gasteiger partial charge on any atom is 0.0678 e. The Bertz CT molecular complexity index is 188. The minimum Gasteiger partial charge on any atom is -0.373 e. The summed E-state index contributed by atoms with van der Waals surface area (Å²) in [5, 5.41) is 0. The molecule has 0 aromatic carbocycles. The van der Waals surface area contributed by atoms with Crippen LogP contribution in [0.3, 0.4) is 0 Å². The van der Waals surface area contributed by atoms with E-state index >= 15 is 0 Å². The van der Waals surface area contributed by atoms with Crippen LogP contribution in [-0.2, 0) is 4.74 Å². The van der Waals surface area contributed by atoms with Crippen LogP contribution in [-0.4, -0.2) is 42.3 Å². The summed E-state index contributed by atoms with van der Waals surface area (Å²) in [6, 6.07) is 0. The van der Waals surface area contributed by atoms with Gasteiger partial charge >= 0.3 is 0 Å². The molecule has 14 heavy (non-hydrogen) atoms. The van der Waals surface area contributed by atoms with Crippen molar-refractivity contribution in [1.82, 2.24) is 4.90 Å². The Kier molecular flexibility index (Phi) is 2.82. The van der Waals surface area contributed by atoms with E-state index in [0.29, 0.717) is 17.7 Å². The molecule has 1 saturated heterocycles. The second-order valence-corrected chi connectivity index (χ2v) is 4.94. The summed E-state index contributed by atoms with van der Waals surface area (Å²) in [5.74, 6) is 0. The summed E-state index contributed by atoms with van der Waals surface area (Å²) >= 11 is 0. The molecule has 1 heterocycles. The minimum absolute atomic E-state index is 0.326. The zero-order chi connectivity index (χ0) is 10.2. The molecule has 82 valence electrons. The molecule has 2 aliphatic rings. The first-order valence-corrected chi connectivity index (χ1v) is 5.77. The molecular weight excluding hydrogens is 176 g/mol. The molecule has 2 unspecified atom stereocenters. The molecule has 1 aliphatic carbocycles. The molecule has 2 N–H and O–H groups in total. The van der Waals surface area contributed by atoms with Gasteiger partial charge in [-0.15, -0.1) is 0 Å². The van der Waals surface area contributed by atoms with Crippen LogP contribution in [0.15, 0.2) is 0 Å². The van der Waals surface area contributed by atoms with Crippen LogP contribution in [0.1, 0.15) is 33.1 Å². The van der Waals surface area contributed by atoms with Crippen molar-refractivity contribution in [2.75, 3.05) is 19.6 Å². The highest BCUT2D eigenvalue weighted by atomic mass is 16.5. The first-order valence-electron chi connectivity index (χ1n) is 5.77. The van der Waals surface area contributed by atoms with Crippen molar-refractivity contribution in [3.05, 3.63) is 0 Å². The first kappa shape index (κ1) is 10.4. The fourth-order valence-electron chi connectivity index (χ4n) is 2.80. The molecule has 0 bridgehead atoms. The smallest absolute Gasteiger partial charge is 0.0678 e. The Balaban J connectivity index is 2.02. The lowest BCUT2D eigenvalue weighted by atomic mass is 9.75. The van der Waals surface area contributed by atoms with E-state index in [4.69, 9.17) is 10.5 Å². The second-order valence-electron chi connectivity index (χ2n) is 4.94. The Morgan fingerprint density at radius 3 is 2.21 bits per heavy atom. The minimum atomic E-state index is 0.326. The fraction of sp³-hybridized carbons (Fsp3) is 1.00. The summed E-state index contributed by atoms with van der Waals surface area (Å²) in [4.78, 5) is 2.56. The molecule has 0 amide bonds. The van der Waals surface area contributed by atoms with Gasteiger partial charge in [0.1, 0.15) is 0 Å². The quantitative estimate of drug-likeness (QED) is 0.719. The van der Waals surface area contributed by atoms with Gasteiger partial charge < -0.3 is 10.5 Å². The van der Waals surface area contributed by atoms with Crippen LogP contribution in [0.5, 0.6) is 0 Å². The number of morpholine rings is 1. The SMILES string of the molecule is CC1CN(C2(CN)CCC2)CC(C)O1. The highest BCUT2D eigenvalue weighted by Crippen LogP contribution is 2.38. The van der Waals surface area contributed by atoms with Gasteiger partial charge in [-0.05, 0) is 33.1 Å². The summed E-state index contributed by atoms with van der Waals surface area (Å²) in [6.07, 6.45) is 4.63. The molecule has 0 aromatic rings. The third-order valence-corrected chi connectivity index (χ3v) is 3.75. The normalized spacial score (nSPS) is 37.9. The molecule has 2 atom stereocenters. The van der Waals surface area contributed by atoms with Crippen LogP contribution >= 0.6 is 0 Å². The zero-order valence-corrected chi connectivity index (χ0v) is 9.33. The van der Waals surface area contributed by atoms with Gasteiger partial charge in [0, 0.05) is 25.2 Å². The topological polar surface area (TPSA) is 38.5 Å². The summed E-state index contributed by atoms with van der Waals surface area (Å²) in [6.45, 7) is 7.24. The monoisotopic (exact) mass is 198 g/mol. The van der Waals surface area contributed by atoms with Crippen LogP contribution < -0.4 is 5.73 Å². The number of hydrogen-bond donors (Lipinski definition) is 1. The van der Waals surface area contributed by atoms with Gasteiger partial charge in [0.05, 0.1) is 12.2 Å². The predicted octanol–water partition coefficient (Wildman–Crippen LogP) is 0.977. The van der Waals surface area contributed by atoms with Crippen LogP contribution in [0.4, 0.5) is 0 Å². The van der Waals surface area contributed by atoms with E-state index < -0.39 is 0 Å². The largest absolute Gasteiger partial charge is 0.373 e. The van der Waals surface area contributed by atoms with Crippen molar-refractivity contribution in [3.63, 3.8) is 0 Å². The van der Waals surface area contributed by atoms with Crippen molar-refractivity contribution in [1.29, 1.82) is 0 Å². The van der Waals surface area contributed by atoms with Crippen molar-refractivity contribution in [3.8, 4) is 0 Å². The Hall–Kier alpha value is -0.120. The number of nitrogens with zero attached hydrogens (tertiary/aromatic N) is 1. The summed E-state index contributed by atoms with van der Waals surface area (Å²) in [7, 11) is 0. The van der Waals surface area contributed by atoms with E-state index in [0.717, 1.165) is 19.6 Å². The number of nitrogens with two attached hydrogens (primary N) is 1. The summed E-state index contributed by atoms with van der Waals surface area (Å²) in [5.41, 5.74) is 6.23. The molecule has 2 rings (SSSR count). The van der Waals surface area contributed by atoms with Gasteiger partial charge in [-0.1, -0.05) is 0 Å². The van der Waals surface area contributed by atoms with Gasteiger partial charge in [0.15, 0.2) is 0 Å².